The number of nitrogens with zero attached hydrogens (tertiary/aromatic N) is 1. The summed E-state index contributed by atoms with van der Waals surface area (Å²) in [6.45, 7) is 4.10. The molecule has 0 bridgehead atoms. The van der Waals surface area contributed by atoms with Gasteiger partial charge in [0.15, 0.2) is 0 Å². The molecule has 1 aromatic heterocycles. The summed E-state index contributed by atoms with van der Waals surface area (Å²) in [6, 6.07) is 9.71. The van der Waals surface area contributed by atoms with Crippen LogP contribution in [0.25, 0.3) is 11.3 Å². The van der Waals surface area contributed by atoms with Gasteiger partial charge in [0, 0.05) is 5.56 Å². The van der Waals surface area contributed by atoms with Crippen LogP contribution in [-0.4, -0.2) is 12.1 Å². The summed E-state index contributed by atoms with van der Waals surface area (Å²) in [5.74, 6) is 0.831. The third-order valence-electron chi connectivity index (χ3n) is 2.63. The molecule has 0 spiro atoms. The van der Waals surface area contributed by atoms with Gasteiger partial charge in [-0.1, -0.05) is 23.7 Å². The molecular weight excluding hydrogens is 234 g/mol. The molecule has 0 aliphatic heterocycles. The summed E-state index contributed by atoms with van der Waals surface area (Å²) in [5, 5.41) is 0.490. The SMILES string of the molecule is COc1cc(C)cc(C)c1-c1cccc(Cl)n1. The van der Waals surface area contributed by atoms with Gasteiger partial charge in [0.2, 0.25) is 0 Å². The Morgan fingerprint density at radius 3 is 2.59 bits per heavy atom. The Labute approximate surface area is 106 Å². The smallest absolute Gasteiger partial charge is 0.129 e. The molecule has 0 aliphatic carbocycles. The van der Waals surface area contributed by atoms with Gasteiger partial charge in [-0.2, -0.15) is 0 Å². The van der Waals surface area contributed by atoms with Crippen LogP contribution in [0, 0.1) is 13.8 Å². The van der Waals surface area contributed by atoms with Crippen molar-refractivity contribution >= 4 is 11.6 Å². The van der Waals surface area contributed by atoms with E-state index in [1.165, 1.54) is 5.56 Å². The molecule has 0 unspecified atom stereocenters. The van der Waals surface area contributed by atoms with Gasteiger partial charge in [-0.15, -0.1) is 0 Å². The molecule has 3 heteroatoms. The van der Waals surface area contributed by atoms with Crippen molar-refractivity contribution in [3.05, 3.63) is 46.6 Å². The highest BCUT2D eigenvalue weighted by Gasteiger charge is 2.11. The van der Waals surface area contributed by atoms with Crippen LogP contribution in [0.1, 0.15) is 11.1 Å². The van der Waals surface area contributed by atoms with Crippen LogP contribution in [0.2, 0.25) is 5.15 Å². The second-order valence-electron chi connectivity index (χ2n) is 4.00. The molecule has 2 rings (SSSR count). The lowest BCUT2D eigenvalue weighted by Gasteiger charge is -2.12. The van der Waals surface area contributed by atoms with Crippen molar-refractivity contribution in [3.63, 3.8) is 0 Å². The van der Waals surface area contributed by atoms with E-state index < -0.39 is 0 Å². The van der Waals surface area contributed by atoms with Gasteiger partial charge in [0.1, 0.15) is 10.9 Å². The fourth-order valence-electron chi connectivity index (χ4n) is 1.97. The highest BCUT2D eigenvalue weighted by molar-refractivity contribution is 6.29. The van der Waals surface area contributed by atoms with Crippen molar-refractivity contribution in [1.29, 1.82) is 0 Å². The number of hydrogen-bond donors (Lipinski definition) is 0. The zero-order chi connectivity index (χ0) is 12.4. The fraction of sp³-hybridized carbons (Fsp3) is 0.214. The molecule has 17 heavy (non-hydrogen) atoms. The summed E-state index contributed by atoms with van der Waals surface area (Å²) in [5.41, 5.74) is 4.15. The van der Waals surface area contributed by atoms with Crippen molar-refractivity contribution < 1.29 is 4.74 Å². The maximum atomic E-state index is 5.92. The van der Waals surface area contributed by atoms with E-state index in [2.05, 4.69) is 11.1 Å². The van der Waals surface area contributed by atoms with E-state index in [0.717, 1.165) is 22.6 Å². The van der Waals surface area contributed by atoms with Crippen molar-refractivity contribution in [2.75, 3.05) is 7.11 Å². The molecule has 0 saturated heterocycles. The lowest BCUT2D eigenvalue weighted by molar-refractivity contribution is 0.415. The molecule has 0 atom stereocenters. The number of aryl methyl sites for hydroxylation is 2. The van der Waals surface area contributed by atoms with E-state index in [4.69, 9.17) is 16.3 Å². The normalized spacial score (nSPS) is 10.4. The minimum absolute atomic E-state index is 0.490. The standard InChI is InChI=1S/C14H14ClNO/c1-9-7-10(2)14(12(8-9)17-3)11-5-4-6-13(15)16-11/h4-8H,1-3H3. The Morgan fingerprint density at radius 2 is 1.94 bits per heavy atom. The molecule has 0 radical (unpaired) electrons. The van der Waals surface area contributed by atoms with Crippen LogP contribution in [0.15, 0.2) is 30.3 Å². The van der Waals surface area contributed by atoms with Crippen LogP contribution in [-0.2, 0) is 0 Å². The van der Waals surface area contributed by atoms with Gasteiger partial charge >= 0.3 is 0 Å². The first-order valence-corrected chi connectivity index (χ1v) is 5.78. The molecule has 0 amide bonds. The summed E-state index contributed by atoms with van der Waals surface area (Å²) in [6.07, 6.45) is 0. The molecule has 88 valence electrons. The second-order valence-corrected chi connectivity index (χ2v) is 4.39. The van der Waals surface area contributed by atoms with Gasteiger partial charge < -0.3 is 4.74 Å². The number of rotatable bonds is 2. The molecule has 0 N–H and O–H groups in total. The Kier molecular flexibility index (Phi) is 3.34. The van der Waals surface area contributed by atoms with Gasteiger partial charge in [-0.25, -0.2) is 4.98 Å². The number of hydrogen-bond acceptors (Lipinski definition) is 2. The molecule has 2 nitrogen and oxygen atoms in total. The van der Waals surface area contributed by atoms with E-state index in [-0.39, 0.29) is 0 Å². The zero-order valence-electron chi connectivity index (χ0n) is 10.1. The molecular formula is C14H14ClNO. The van der Waals surface area contributed by atoms with Crippen molar-refractivity contribution in [1.82, 2.24) is 4.98 Å². The summed E-state index contributed by atoms with van der Waals surface area (Å²) in [7, 11) is 1.67. The van der Waals surface area contributed by atoms with Crippen LogP contribution in [0.5, 0.6) is 5.75 Å². The highest BCUT2D eigenvalue weighted by atomic mass is 35.5. The highest BCUT2D eigenvalue weighted by Crippen LogP contribution is 2.33. The Hall–Kier alpha value is -1.54. The molecule has 2 aromatic rings. The largest absolute Gasteiger partial charge is 0.496 e. The molecule has 0 fully saturated rings. The quantitative estimate of drug-likeness (QED) is 0.748. The first-order chi connectivity index (χ1) is 8.11. The predicted molar refractivity (Wildman–Crippen MR) is 70.7 cm³/mol. The van der Waals surface area contributed by atoms with E-state index in [0.29, 0.717) is 5.15 Å². The number of benzene rings is 1. The Morgan fingerprint density at radius 1 is 1.18 bits per heavy atom. The van der Waals surface area contributed by atoms with E-state index in [1.807, 2.05) is 32.0 Å². The number of pyridine rings is 1. The first-order valence-electron chi connectivity index (χ1n) is 5.40. The van der Waals surface area contributed by atoms with Crippen LogP contribution in [0.3, 0.4) is 0 Å². The average molecular weight is 248 g/mol. The maximum absolute atomic E-state index is 5.92. The van der Waals surface area contributed by atoms with Crippen LogP contribution < -0.4 is 4.74 Å². The molecule has 0 saturated carbocycles. The Bertz CT molecular complexity index is 552. The van der Waals surface area contributed by atoms with E-state index in [1.54, 1.807) is 13.2 Å². The van der Waals surface area contributed by atoms with Gasteiger partial charge in [0.05, 0.1) is 12.8 Å². The molecule has 1 heterocycles. The lowest BCUT2D eigenvalue weighted by Crippen LogP contribution is -1.94. The van der Waals surface area contributed by atoms with Crippen LogP contribution >= 0.6 is 11.6 Å². The molecule has 0 aliphatic rings. The molecule has 1 aromatic carbocycles. The predicted octanol–water partition coefficient (Wildman–Crippen LogP) is 4.03. The number of methoxy groups -OCH3 is 1. The number of halogens is 1. The second kappa shape index (κ2) is 4.76. The van der Waals surface area contributed by atoms with Gasteiger partial charge in [-0.05, 0) is 43.2 Å². The van der Waals surface area contributed by atoms with E-state index >= 15 is 0 Å². The third-order valence-corrected chi connectivity index (χ3v) is 2.85. The van der Waals surface area contributed by atoms with Gasteiger partial charge in [-0.3, -0.25) is 0 Å². The van der Waals surface area contributed by atoms with Crippen LogP contribution in [0.4, 0.5) is 0 Å². The zero-order valence-corrected chi connectivity index (χ0v) is 10.9. The average Bonchev–Trinajstić information content (AvgIpc) is 2.27. The topological polar surface area (TPSA) is 22.1 Å². The minimum atomic E-state index is 0.490. The monoisotopic (exact) mass is 247 g/mol. The summed E-state index contributed by atoms with van der Waals surface area (Å²) < 4.78 is 5.42. The number of ether oxygens (including phenoxy) is 1. The lowest BCUT2D eigenvalue weighted by atomic mass is 10.0. The summed E-state index contributed by atoms with van der Waals surface area (Å²) in [4.78, 5) is 4.33. The summed E-state index contributed by atoms with van der Waals surface area (Å²) >= 11 is 5.92. The number of aromatic nitrogens is 1. The fourth-order valence-corrected chi connectivity index (χ4v) is 2.13. The third kappa shape index (κ3) is 2.42. The first kappa shape index (κ1) is 11.9. The van der Waals surface area contributed by atoms with Crippen molar-refractivity contribution in [2.24, 2.45) is 0 Å². The van der Waals surface area contributed by atoms with Crippen molar-refractivity contribution in [2.45, 2.75) is 13.8 Å². The maximum Gasteiger partial charge on any atom is 0.129 e. The van der Waals surface area contributed by atoms with Gasteiger partial charge in [0.25, 0.3) is 0 Å². The van der Waals surface area contributed by atoms with Crippen molar-refractivity contribution in [3.8, 4) is 17.0 Å². The minimum Gasteiger partial charge on any atom is -0.496 e. The Balaban J connectivity index is 2.66. The van der Waals surface area contributed by atoms with E-state index in [9.17, 15) is 0 Å².